The van der Waals surface area contributed by atoms with Crippen LogP contribution in [0.2, 0.25) is 5.02 Å². The molecule has 0 heterocycles. The molecule has 0 aromatic heterocycles. The van der Waals surface area contributed by atoms with E-state index in [0.717, 1.165) is 24.2 Å². The normalized spacial score (nSPS) is 10.7. The number of hydrogen-bond donors (Lipinski definition) is 1. The average Bonchev–Trinajstić information content (AvgIpc) is 2.66. The first-order chi connectivity index (χ1) is 12.7. The molecule has 0 aliphatic heterocycles. The van der Waals surface area contributed by atoms with Crippen LogP contribution in [-0.2, 0) is 0 Å². The van der Waals surface area contributed by atoms with E-state index < -0.39 is 0 Å². The van der Waals surface area contributed by atoms with Gasteiger partial charge in [0.2, 0.25) is 0 Å². The molecule has 1 N–H and O–H groups in total. The van der Waals surface area contributed by atoms with Gasteiger partial charge >= 0.3 is 0 Å². The zero-order valence-electron chi connectivity index (χ0n) is 15.0. The SMILES string of the molecule is CCCOc1ccc(/C=N\NC(=O)c2ccccc2Cl)c(OCCC)c1. The summed E-state index contributed by atoms with van der Waals surface area (Å²) in [4.78, 5) is 12.1. The van der Waals surface area contributed by atoms with Gasteiger partial charge in [0.1, 0.15) is 11.5 Å². The molecule has 5 nitrogen and oxygen atoms in total. The number of hydrogen-bond acceptors (Lipinski definition) is 4. The quantitative estimate of drug-likeness (QED) is 0.512. The summed E-state index contributed by atoms with van der Waals surface area (Å²) in [6, 6.07) is 12.3. The number of benzene rings is 2. The van der Waals surface area contributed by atoms with Crippen molar-refractivity contribution in [3.8, 4) is 11.5 Å². The highest BCUT2D eigenvalue weighted by atomic mass is 35.5. The number of amides is 1. The zero-order valence-corrected chi connectivity index (χ0v) is 15.8. The van der Waals surface area contributed by atoms with Crippen molar-refractivity contribution in [2.75, 3.05) is 13.2 Å². The molecule has 0 fully saturated rings. The molecule has 0 atom stereocenters. The van der Waals surface area contributed by atoms with Crippen LogP contribution in [0.5, 0.6) is 11.5 Å². The van der Waals surface area contributed by atoms with Crippen molar-refractivity contribution in [3.63, 3.8) is 0 Å². The first-order valence-corrected chi connectivity index (χ1v) is 9.01. The maximum Gasteiger partial charge on any atom is 0.272 e. The third kappa shape index (κ3) is 5.77. The third-order valence-electron chi connectivity index (χ3n) is 3.41. The topological polar surface area (TPSA) is 59.9 Å². The van der Waals surface area contributed by atoms with E-state index in [-0.39, 0.29) is 5.91 Å². The molecule has 0 spiro atoms. The molecule has 0 bridgehead atoms. The van der Waals surface area contributed by atoms with E-state index in [1.807, 2.05) is 25.1 Å². The Labute approximate surface area is 159 Å². The van der Waals surface area contributed by atoms with Crippen LogP contribution in [0.3, 0.4) is 0 Å². The number of hydrazone groups is 1. The van der Waals surface area contributed by atoms with Crippen LogP contribution >= 0.6 is 11.6 Å². The molecule has 138 valence electrons. The van der Waals surface area contributed by atoms with Crippen molar-refractivity contribution in [1.82, 2.24) is 5.43 Å². The van der Waals surface area contributed by atoms with Gasteiger partial charge < -0.3 is 9.47 Å². The van der Waals surface area contributed by atoms with Gasteiger partial charge in [-0.25, -0.2) is 5.43 Å². The predicted molar refractivity (Wildman–Crippen MR) is 105 cm³/mol. The largest absolute Gasteiger partial charge is 0.493 e. The van der Waals surface area contributed by atoms with E-state index in [2.05, 4.69) is 17.5 Å². The van der Waals surface area contributed by atoms with Crippen molar-refractivity contribution in [3.05, 3.63) is 58.6 Å². The molecule has 6 heteroatoms. The number of carbonyl (C=O) groups is 1. The highest BCUT2D eigenvalue weighted by Crippen LogP contribution is 2.24. The number of nitrogens with zero attached hydrogens (tertiary/aromatic N) is 1. The lowest BCUT2D eigenvalue weighted by molar-refractivity contribution is 0.0955. The predicted octanol–water partition coefficient (Wildman–Crippen LogP) is 4.68. The lowest BCUT2D eigenvalue weighted by Crippen LogP contribution is -2.18. The van der Waals surface area contributed by atoms with Gasteiger partial charge in [0, 0.05) is 11.6 Å². The van der Waals surface area contributed by atoms with Gasteiger partial charge in [0.15, 0.2) is 0 Å². The van der Waals surface area contributed by atoms with Crippen LogP contribution < -0.4 is 14.9 Å². The molecule has 0 unspecified atom stereocenters. The van der Waals surface area contributed by atoms with E-state index in [9.17, 15) is 4.79 Å². The molecule has 26 heavy (non-hydrogen) atoms. The summed E-state index contributed by atoms with van der Waals surface area (Å²) >= 11 is 6.01. The Balaban J connectivity index is 2.09. The van der Waals surface area contributed by atoms with Gasteiger partial charge in [-0.1, -0.05) is 37.6 Å². The highest BCUT2D eigenvalue weighted by molar-refractivity contribution is 6.33. The molecule has 2 rings (SSSR count). The van der Waals surface area contributed by atoms with Crippen LogP contribution in [-0.4, -0.2) is 25.3 Å². The second-order valence-electron chi connectivity index (χ2n) is 5.58. The number of halogens is 1. The fourth-order valence-electron chi connectivity index (χ4n) is 2.13. The highest BCUT2D eigenvalue weighted by Gasteiger charge is 2.09. The number of nitrogens with one attached hydrogen (secondary N) is 1. The first kappa shape index (κ1) is 19.8. The van der Waals surface area contributed by atoms with Gasteiger partial charge in [0.05, 0.1) is 30.0 Å². The second-order valence-corrected chi connectivity index (χ2v) is 5.98. The standard InChI is InChI=1S/C20H23ClN2O3/c1-3-11-25-16-10-9-15(19(13-16)26-12-4-2)14-22-23-20(24)17-7-5-6-8-18(17)21/h5-10,13-14H,3-4,11-12H2,1-2H3,(H,23,24)/b22-14-. The molecule has 0 radical (unpaired) electrons. The minimum Gasteiger partial charge on any atom is -0.493 e. The summed E-state index contributed by atoms with van der Waals surface area (Å²) in [7, 11) is 0. The summed E-state index contributed by atoms with van der Waals surface area (Å²) in [6.45, 7) is 5.32. The van der Waals surface area contributed by atoms with Crippen LogP contribution in [0.15, 0.2) is 47.6 Å². The minimum absolute atomic E-state index is 0.370. The lowest BCUT2D eigenvalue weighted by atomic mass is 10.2. The second kappa shape index (κ2) is 10.5. The fourth-order valence-corrected chi connectivity index (χ4v) is 2.36. The van der Waals surface area contributed by atoms with Crippen molar-refractivity contribution >= 4 is 23.7 Å². The van der Waals surface area contributed by atoms with Crippen molar-refractivity contribution in [2.24, 2.45) is 5.10 Å². The summed E-state index contributed by atoms with van der Waals surface area (Å²) < 4.78 is 11.4. The van der Waals surface area contributed by atoms with Gasteiger partial charge in [-0.3, -0.25) is 4.79 Å². The van der Waals surface area contributed by atoms with E-state index in [4.69, 9.17) is 21.1 Å². The van der Waals surface area contributed by atoms with Crippen molar-refractivity contribution in [2.45, 2.75) is 26.7 Å². The Kier molecular flexibility index (Phi) is 7.96. The zero-order chi connectivity index (χ0) is 18.8. The van der Waals surface area contributed by atoms with E-state index in [0.29, 0.717) is 29.5 Å². The summed E-state index contributed by atoms with van der Waals surface area (Å²) in [5, 5.41) is 4.39. The molecule has 2 aromatic rings. The molecule has 0 saturated carbocycles. The third-order valence-corrected chi connectivity index (χ3v) is 3.74. The molecule has 0 saturated heterocycles. The van der Waals surface area contributed by atoms with Crippen LogP contribution in [0.1, 0.15) is 42.6 Å². The Hall–Kier alpha value is -2.53. The molecular weight excluding hydrogens is 352 g/mol. The smallest absolute Gasteiger partial charge is 0.272 e. The number of carbonyl (C=O) groups excluding carboxylic acids is 1. The van der Waals surface area contributed by atoms with E-state index in [1.54, 1.807) is 30.5 Å². The maximum absolute atomic E-state index is 12.1. The van der Waals surface area contributed by atoms with E-state index >= 15 is 0 Å². The Morgan fingerprint density at radius 1 is 1.12 bits per heavy atom. The molecule has 0 aliphatic rings. The Morgan fingerprint density at radius 3 is 2.58 bits per heavy atom. The monoisotopic (exact) mass is 374 g/mol. The molecule has 0 aliphatic carbocycles. The van der Waals surface area contributed by atoms with Gasteiger partial charge in [-0.2, -0.15) is 5.10 Å². The van der Waals surface area contributed by atoms with Crippen LogP contribution in [0.25, 0.3) is 0 Å². The Morgan fingerprint density at radius 2 is 1.85 bits per heavy atom. The van der Waals surface area contributed by atoms with E-state index in [1.165, 1.54) is 0 Å². The maximum atomic E-state index is 12.1. The number of ether oxygens (including phenoxy) is 2. The van der Waals surface area contributed by atoms with Crippen molar-refractivity contribution < 1.29 is 14.3 Å². The molecule has 2 aromatic carbocycles. The summed E-state index contributed by atoms with van der Waals surface area (Å²) in [5.41, 5.74) is 3.60. The fraction of sp³-hybridized carbons (Fsp3) is 0.300. The lowest BCUT2D eigenvalue weighted by Gasteiger charge is -2.11. The first-order valence-electron chi connectivity index (χ1n) is 8.63. The molecule has 1 amide bonds. The number of rotatable bonds is 9. The van der Waals surface area contributed by atoms with Crippen LogP contribution in [0, 0.1) is 0 Å². The van der Waals surface area contributed by atoms with Gasteiger partial charge in [-0.05, 0) is 37.1 Å². The average molecular weight is 375 g/mol. The van der Waals surface area contributed by atoms with Crippen LogP contribution in [0.4, 0.5) is 0 Å². The molecular formula is C20H23ClN2O3. The summed E-state index contributed by atoms with van der Waals surface area (Å²) in [6.07, 6.45) is 3.37. The summed E-state index contributed by atoms with van der Waals surface area (Å²) in [5.74, 6) is 1.04. The van der Waals surface area contributed by atoms with Gasteiger partial charge in [-0.15, -0.1) is 0 Å². The minimum atomic E-state index is -0.370. The van der Waals surface area contributed by atoms with Crippen molar-refractivity contribution in [1.29, 1.82) is 0 Å². The Bertz CT molecular complexity index is 762. The van der Waals surface area contributed by atoms with Gasteiger partial charge in [0.25, 0.3) is 5.91 Å².